The fourth-order valence-corrected chi connectivity index (χ4v) is 3.46. The molecule has 0 aromatic carbocycles. The van der Waals surface area contributed by atoms with Gasteiger partial charge in [0, 0.05) is 26.8 Å². The molecular weight excluding hydrogens is 316 g/mol. The van der Waals surface area contributed by atoms with Crippen molar-refractivity contribution in [1.29, 1.82) is 0 Å². The molecule has 0 spiro atoms. The van der Waals surface area contributed by atoms with E-state index in [2.05, 4.69) is 19.2 Å². The van der Waals surface area contributed by atoms with Crippen molar-refractivity contribution < 1.29 is 14.3 Å². The van der Waals surface area contributed by atoms with Gasteiger partial charge in [0.05, 0.1) is 18.1 Å². The summed E-state index contributed by atoms with van der Waals surface area (Å²) in [5, 5.41) is 3.34. The number of piperidine rings is 1. The van der Waals surface area contributed by atoms with E-state index in [1.54, 1.807) is 7.11 Å². The summed E-state index contributed by atoms with van der Waals surface area (Å²) < 4.78 is 11.3. The Hall–Kier alpha value is -0.360. The minimum absolute atomic E-state index is 0. The molecule has 0 bridgehead atoms. The van der Waals surface area contributed by atoms with Crippen LogP contribution in [0.3, 0.4) is 0 Å². The highest BCUT2D eigenvalue weighted by atomic mass is 35.5. The Labute approximate surface area is 146 Å². The summed E-state index contributed by atoms with van der Waals surface area (Å²) in [6, 6.07) is 0. The number of rotatable bonds is 7. The predicted molar refractivity (Wildman–Crippen MR) is 94.1 cm³/mol. The molecule has 0 aromatic heterocycles. The van der Waals surface area contributed by atoms with Gasteiger partial charge >= 0.3 is 0 Å². The van der Waals surface area contributed by atoms with Gasteiger partial charge in [-0.25, -0.2) is 0 Å². The molecule has 23 heavy (non-hydrogen) atoms. The number of hydrogen-bond donors (Lipinski definition) is 1. The first kappa shape index (κ1) is 20.7. The van der Waals surface area contributed by atoms with Crippen LogP contribution in [0, 0.1) is 11.3 Å². The first-order valence-electron chi connectivity index (χ1n) is 8.68. The third-order valence-electron chi connectivity index (χ3n) is 4.92. The minimum Gasteiger partial charge on any atom is -0.384 e. The lowest BCUT2D eigenvalue weighted by Gasteiger charge is -2.38. The standard InChI is InChI=1S/C17H32N2O3.ClH/c1-14(2)5-11-22-15-4-10-19(12-15)16(20)17(13-21-3)6-8-18-9-7-17;/h14-15,18H,4-13H2,1-3H3;1H. The van der Waals surface area contributed by atoms with E-state index >= 15 is 0 Å². The topological polar surface area (TPSA) is 50.8 Å². The summed E-state index contributed by atoms with van der Waals surface area (Å²) in [4.78, 5) is 15.0. The van der Waals surface area contributed by atoms with Gasteiger partial charge in [0.2, 0.25) is 5.91 Å². The van der Waals surface area contributed by atoms with Gasteiger partial charge < -0.3 is 19.7 Å². The quantitative estimate of drug-likeness (QED) is 0.765. The van der Waals surface area contributed by atoms with Crippen LogP contribution in [-0.2, 0) is 14.3 Å². The van der Waals surface area contributed by atoms with Gasteiger partial charge in [0.25, 0.3) is 0 Å². The molecule has 1 N–H and O–H groups in total. The predicted octanol–water partition coefficient (Wildman–Crippen LogP) is 2.09. The molecule has 136 valence electrons. The summed E-state index contributed by atoms with van der Waals surface area (Å²) in [5.74, 6) is 0.935. The highest BCUT2D eigenvalue weighted by molar-refractivity contribution is 5.85. The maximum Gasteiger partial charge on any atom is 0.231 e. The number of hydrogen-bond acceptors (Lipinski definition) is 4. The van der Waals surface area contributed by atoms with E-state index < -0.39 is 0 Å². The van der Waals surface area contributed by atoms with Crippen LogP contribution in [0.15, 0.2) is 0 Å². The molecule has 0 aromatic rings. The second-order valence-corrected chi connectivity index (χ2v) is 7.18. The number of nitrogens with zero attached hydrogens (tertiary/aromatic N) is 1. The highest BCUT2D eigenvalue weighted by Gasteiger charge is 2.43. The molecule has 0 radical (unpaired) electrons. The molecular formula is C17H33ClN2O3. The van der Waals surface area contributed by atoms with Crippen molar-refractivity contribution in [3.05, 3.63) is 0 Å². The minimum atomic E-state index is -0.327. The zero-order chi connectivity index (χ0) is 16.0. The fourth-order valence-electron chi connectivity index (χ4n) is 3.46. The lowest BCUT2D eigenvalue weighted by atomic mass is 9.78. The van der Waals surface area contributed by atoms with Crippen LogP contribution in [0.25, 0.3) is 0 Å². The molecule has 2 aliphatic rings. The van der Waals surface area contributed by atoms with Gasteiger partial charge in [-0.3, -0.25) is 4.79 Å². The molecule has 0 saturated carbocycles. The zero-order valence-corrected chi connectivity index (χ0v) is 15.6. The number of carbonyl (C=O) groups excluding carboxylic acids is 1. The van der Waals surface area contributed by atoms with Crippen molar-refractivity contribution in [2.45, 2.75) is 45.6 Å². The molecule has 1 unspecified atom stereocenters. The van der Waals surface area contributed by atoms with Crippen molar-refractivity contribution in [1.82, 2.24) is 10.2 Å². The Bertz CT molecular complexity index is 354. The lowest BCUT2D eigenvalue weighted by Crippen LogP contribution is -2.51. The van der Waals surface area contributed by atoms with Crippen LogP contribution in [-0.4, -0.2) is 63.4 Å². The Balaban J connectivity index is 0.00000264. The van der Waals surface area contributed by atoms with Crippen molar-refractivity contribution in [2.24, 2.45) is 11.3 Å². The number of methoxy groups -OCH3 is 1. The number of likely N-dealkylation sites (tertiary alicyclic amines) is 1. The average Bonchev–Trinajstić information content (AvgIpc) is 2.96. The molecule has 2 saturated heterocycles. The summed E-state index contributed by atoms with van der Waals surface area (Å²) in [7, 11) is 1.69. The van der Waals surface area contributed by atoms with Gasteiger partial charge in [0.15, 0.2) is 0 Å². The van der Waals surface area contributed by atoms with Gasteiger partial charge in [-0.05, 0) is 44.7 Å². The first-order valence-corrected chi connectivity index (χ1v) is 8.68. The number of ether oxygens (including phenoxy) is 2. The summed E-state index contributed by atoms with van der Waals surface area (Å²) in [6.45, 7) is 9.12. The monoisotopic (exact) mass is 348 g/mol. The Morgan fingerprint density at radius 3 is 2.65 bits per heavy atom. The van der Waals surface area contributed by atoms with E-state index in [9.17, 15) is 4.79 Å². The van der Waals surface area contributed by atoms with Crippen LogP contribution in [0.4, 0.5) is 0 Å². The summed E-state index contributed by atoms with van der Waals surface area (Å²) in [6.07, 6.45) is 4.00. The van der Waals surface area contributed by atoms with Crippen molar-refractivity contribution in [3.63, 3.8) is 0 Å². The van der Waals surface area contributed by atoms with E-state index in [4.69, 9.17) is 9.47 Å². The Morgan fingerprint density at radius 1 is 1.35 bits per heavy atom. The zero-order valence-electron chi connectivity index (χ0n) is 14.8. The molecule has 2 aliphatic heterocycles. The van der Waals surface area contributed by atoms with Gasteiger partial charge in [-0.1, -0.05) is 13.8 Å². The summed E-state index contributed by atoms with van der Waals surface area (Å²) in [5.41, 5.74) is -0.327. The smallest absolute Gasteiger partial charge is 0.231 e. The van der Waals surface area contributed by atoms with E-state index in [0.29, 0.717) is 12.5 Å². The molecule has 2 fully saturated rings. The lowest BCUT2D eigenvalue weighted by molar-refractivity contribution is -0.147. The van der Waals surface area contributed by atoms with E-state index in [-0.39, 0.29) is 29.8 Å². The first-order chi connectivity index (χ1) is 10.6. The number of halogens is 1. The van der Waals surface area contributed by atoms with Crippen molar-refractivity contribution in [3.8, 4) is 0 Å². The van der Waals surface area contributed by atoms with Crippen molar-refractivity contribution in [2.75, 3.05) is 46.5 Å². The van der Waals surface area contributed by atoms with Crippen molar-refractivity contribution >= 4 is 18.3 Å². The van der Waals surface area contributed by atoms with Crippen LogP contribution in [0.1, 0.15) is 39.5 Å². The summed E-state index contributed by atoms with van der Waals surface area (Å²) >= 11 is 0. The average molecular weight is 349 g/mol. The molecule has 6 heteroatoms. The molecule has 1 amide bonds. The van der Waals surface area contributed by atoms with Crippen LogP contribution < -0.4 is 5.32 Å². The van der Waals surface area contributed by atoms with E-state index in [1.807, 2.05) is 4.90 Å². The highest BCUT2D eigenvalue weighted by Crippen LogP contribution is 2.33. The van der Waals surface area contributed by atoms with E-state index in [0.717, 1.165) is 58.5 Å². The largest absolute Gasteiger partial charge is 0.384 e. The number of amides is 1. The molecule has 5 nitrogen and oxygen atoms in total. The van der Waals surface area contributed by atoms with E-state index in [1.165, 1.54) is 0 Å². The fraction of sp³-hybridized carbons (Fsp3) is 0.941. The van der Waals surface area contributed by atoms with Crippen LogP contribution in [0.2, 0.25) is 0 Å². The van der Waals surface area contributed by atoms with Crippen LogP contribution in [0.5, 0.6) is 0 Å². The maximum absolute atomic E-state index is 13.0. The number of carbonyl (C=O) groups is 1. The third-order valence-corrected chi connectivity index (χ3v) is 4.92. The molecule has 1 atom stereocenters. The normalized spacial score (nSPS) is 23.8. The maximum atomic E-state index is 13.0. The number of nitrogens with one attached hydrogen (secondary N) is 1. The van der Waals surface area contributed by atoms with Crippen LogP contribution >= 0.6 is 12.4 Å². The van der Waals surface area contributed by atoms with Gasteiger partial charge in [-0.2, -0.15) is 0 Å². The third kappa shape index (κ3) is 5.59. The Morgan fingerprint density at radius 2 is 2.04 bits per heavy atom. The van der Waals surface area contributed by atoms with Gasteiger partial charge in [0.1, 0.15) is 0 Å². The molecule has 2 rings (SSSR count). The second-order valence-electron chi connectivity index (χ2n) is 7.18. The second kappa shape index (κ2) is 9.82. The SMILES string of the molecule is COCC1(C(=O)N2CCC(OCCC(C)C)C2)CCNCC1.Cl. The van der Waals surface area contributed by atoms with Gasteiger partial charge in [-0.15, -0.1) is 12.4 Å². The molecule has 0 aliphatic carbocycles. The molecule has 2 heterocycles. The Kier molecular flexibility index (Phi) is 8.83.